The number of carbonyl (C=O) groups excluding carboxylic acids is 3. The lowest BCUT2D eigenvalue weighted by atomic mass is 10.1. The Morgan fingerprint density at radius 1 is 0.971 bits per heavy atom. The zero-order valence-electron chi connectivity index (χ0n) is 20.0. The Labute approximate surface area is 205 Å². The summed E-state index contributed by atoms with van der Waals surface area (Å²) in [5, 5.41) is 10.9. The normalized spacial score (nSPS) is 12.0. The molecule has 0 aliphatic rings. The summed E-state index contributed by atoms with van der Waals surface area (Å²) >= 11 is 0. The Morgan fingerprint density at radius 3 is 2.17 bits per heavy atom. The number of nitroso groups, excluding NO2 is 1. The van der Waals surface area contributed by atoms with E-state index in [2.05, 4.69) is 27.7 Å². The summed E-state index contributed by atoms with van der Waals surface area (Å²) in [6.45, 7) is 5.98. The number of unbranched alkanes of at least 4 members (excludes halogenated alkanes) is 1. The third-order valence-electron chi connectivity index (χ3n) is 5.29. The first kappa shape index (κ1) is 27.2. The largest absolute Gasteiger partial charge is 0.350 e. The Hall–Kier alpha value is -4.01. The van der Waals surface area contributed by atoms with Gasteiger partial charge in [-0.05, 0) is 41.6 Å². The van der Waals surface area contributed by atoms with Gasteiger partial charge < -0.3 is 20.9 Å². The van der Waals surface area contributed by atoms with Gasteiger partial charge in [-0.15, -0.1) is 4.91 Å². The van der Waals surface area contributed by atoms with Gasteiger partial charge in [0.1, 0.15) is 6.04 Å². The minimum absolute atomic E-state index is 0.256. The predicted molar refractivity (Wildman–Crippen MR) is 135 cm³/mol. The van der Waals surface area contributed by atoms with Gasteiger partial charge in [-0.2, -0.15) is 0 Å². The number of nitrogens with one attached hydrogen (secondary N) is 3. The molecule has 0 radical (unpaired) electrons. The van der Waals surface area contributed by atoms with Gasteiger partial charge in [-0.1, -0.05) is 67.2 Å². The zero-order chi connectivity index (χ0) is 25.5. The number of urea groups is 1. The van der Waals surface area contributed by atoms with Crippen molar-refractivity contribution in [2.45, 2.75) is 51.5 Å². The monoisotopic (exact) mass is 479 g/mol. The molecule has 0 bridgehead atoms. The van der Waals surface area contributed by atoms with Crippen LogP contribution in [0, 0.1) is 4.91 Å². The number of benzene rings is 2. The van der Waals surface area contributed by atoms with E-state index in [0.717, 1.165) is 11.1 Å². The van der Waals surface area contributed by atoms with Gasteiger partial charge in [0.25, 0.3) is 0 Å². The molecule has 0 spiro atoms. The standard InChI is InChI=1S/C26H33N5O4/c1-3-24(30-35)29-26(34)31(19-22-14-8-5-9-15-22)17-11-10-16-23(28-20(2)32)25(33)27-18-21-12-6-4-7-13-21/h3-9,12-15,23-24H,1,10-11,16-19H2,2H3,(H,27,33)(H,28,32)(H,29,34)/t23-,24?/m0/s1. The van der Waals surface area contributed by atoms with Crippen LogP contribution in [0.2, 0.25) is 0 Å². The highest BCUT2D eigenvalue weighted by Crippen LogP contribution is 2.10. The van der Waals surface area contributed by atoms with E-state index in [9.17, 15) is 19.3 Å². The molecule has 0 heterocycles. The van der Waals surface area contributed by atoms with E-state index < -0.39 is 18.2 Å². The summed E-state index contributed by atoms with van der Waals surface area (Å²) in [7, 11) is 0. The van der Waals surface area contributed by atoms with E-state index >= 15 is 0 Å². The highest BCUT2D eigenvalue weighted by Gasteiger charge is 2.20. The summed E-state index contributed by atoms with van der Waals surface area (Å²) in [6.07, 6.45) is 1.86. The Balaban J connectivity index is 1.93. The fourth-order valence-corrected chi connectivity index (χ4v) is 3.48. The molecule has 4 amide bonds. The van der Waals surface area contributed by atoms with E-state index in [1.54, 1.807) is 4.90 Å². The van der Waals surface area contributed by atoms with Crippen LogP contribution >= 0.6 is 0 Å². The molecule has 0 aliphatic heterocycles. The first-order valence-corrected chi connectivity index (χ1v) is 11.6. The second-order valence-corrected chi connectivity index (χ2v) is 8.09. The molecular weight excluding hydrogens is 446 g/mol. The molecule has 1 unspecified atom stereocenters. The van der Waals surface area contributed by atoms with Gasteiger partial charge in [0.15, 0.2) is 6.17 Å². The fourth-order valence-electron chi connectivity index (χ4n) is 3.48. The van der Waals surface area contributed by atoms with Crippen LogP contribution in [0.5, 0.6) is 0 Å². The lowest BCUT2D eigenvalue weighted by Crippen LogP contribution is -2.46. The fraction of sp³-hybridized carbons (Fsp3) is 0.346. The van der Waals surface area contributed by atoms with E-state index in [0.29, 0.717) is 38.9 Å². The van der Waals surface area contributed by atoms with Crippen molar-refractivity contribution in [2.24, 2.45) is 5.18 Å². The van der Waals surface area contributed by atoms with Crippen LogP contribution in [0.3, 0.4) is 0 Å². The van der Waals surface area contributed by atoms with E-state index in [1.807, 2.05) is 60.7 Å². The molecule has 2 aromatic carbocycles. The minimum atomic E-state index is -1.02. The smallest absolute Gasteiger partial charge is 0.319 e. The molecule has 0 saturated heterocycles. The van der Waals surface area contributed by atoms with Crippen molar-refractivity contribution in [2.75, 3.05) is 6.54 Å². The molecule has 3 N–H and O–H groups in total. The highest BCUT2D eigenvalue weighted by atomic mass is 16.3. The third-order valence-corrected chi connectivity index (χ3v) is 5.29. The lowest BCUT2D eigenvalue weighted by molar-refractivity contribution is -0.128. The summed E-state index contributed by atoms with van der Waals surface area (Å²) in [4.78, 5) is 49.5. The van der Waals surface area contributed by atoms with Gasteiger partial charge in [-0.25, -0.2) is 4.79 Å². The van der Waals surface area contributed by atoms with Crippen molar-refractivity contribution >= 4 is 17.8 Å². The van der Waals surface area contributed by atoms with Crippen LogP contribution in [0.15, 0.2) is 78.5 Å². The second kappa shape index (κ2) is 15.0. The maximum atomic E-state index is 12.7. The molecule has 0 aliphatic carbocycles. The Kier molecular flexibility index (Phi) is 11.7. The lowest BCUT2D eigenvalue weighted by Gasteiger charge is -2.24. The number of rotatable bonds is 14. The summed E-state index contributed by atoms with van der Waals surface area (Å²) in [5.74, 6) is -0.541. The number of hydrogen-bond donors (Lipinski definition) is 3. The van der Waals surface area contributed by atoms with Crippen LogP contribution in [-0.2, 0) is 22.7 Å². The number of hydrogen-bond acceptors (Lipinski definition) is 5. The molecule has 2 atom stereocenters. The molecule has 0 aromatic heterocycles. The van der Waals surface area contributed by atoms with Crippen molar-refractivity contribution in [1.29, 1.82) is 0 Å². The topological polar surface area (TPSA) is 120 Å². The molecule has 2 rings (SSSR count). The van der Waals surface area contributed by atoms with E-state index in [-0.39, 0.29) is 11.8 Å². The van der Waals surface area contributed by atoms with Crippen molar-refractivity contribution in [1.82, 2.24) is 20.9 Å². The molecule has 9 heteroatoms. The van der Waals surface area contributed by atoms with Crippen LogP contribution in [-0.4, -0.2) is 41.5 Å². The molecule has 0 saturated carbocycles. The maximum absolute atomic E-state index is 12.7. The van der Waals surface area contributed by atoms with Gasteiger partial charge in [-0.3, -0.25) is 9.59 Å². The van der Waals surface area contributed by atoms with Crippen molar-refractivity contribution in [3.8, 4) is 0 Å². The summed E-state index contributed by atoms with van der Waals surface area (Å²) in [5.41, 5.74) is 1.90. The SMILES string of the molecule is C=CC(N=O)NC(=O)N(CCCC[C@H](NC(C)=O)C(=O)NCc1ccccc1)Cc1ccccc1. The third kappa shape index (κ3) is 10.2. The molecular formula is C26H33N5O4. The number of amides is 4. The second-order valence-electron chi connectivity index (χ2n) is 8.09. The average molecular weight is 480 g/mol. The van der Waals surface area contributed by atoms with E-state index in [1.165, 1.54) is 13.0 Å². The minimum Gasteiger partial charge on any atom is -0.350 e. The average Bonchev–Trinajstić information content (AvgIpc) is 2.87. The quantitative estimate of drug-likeness (QED) is 0.218. The van der Waals surface area contributed by atoms with Crippen molar-refractivity contribution in [3.63, 3.8) is 0 Å². The zero-order valence-corrected chi connectivity index (χ0v) is 20.0. The summed E-state index contributed by atoms with van der Waals surface area (Å²) in [6, 6.07) is 17.9. The van der Waals surface area contributed by atoms with Crippen LogP contribution < -0.4 is 16.0 Å². The molecule has 9 nitrogen and oxygen atoms in total. The van der Waals surface area contributed by atoms with Crippen LogP contribution in [0.4, 0.5) is 4.79 Å². The van der Waals surface area contributed by atoms with Gasteiger partial charge >= 0.3 is 6.03 Å². The first-order valence-electron chi connectivity index (χ1n) is 11.6. The van der Waals surface area contributed by atoms with E-state index in [4.69, 9.17) is 0 Å². The summed E-state index contributed by atoms with van der Waals surface area (Å²) < 4.78 is 0. The van der Waals surface area contributed by atoms with Gasteiger partial charge in [0.2, 0.25) is 11.8 Å². The van der Waals surface area contributed by atoms with Crippen LogP contribution in [0.1, 0.15) is 37.3 Å². The van der Waals surface area contributed by atoms with Gasteiger partial charge in [0, 0.05) is 26.6 Å². The molecule has 2 aromatic rings. The van der Waals surface area contributed by atoms with Gasteiger partial charge in [0.05, 0.1) is 0 Å². The molecule has 0 fully saturated rings. The molecule has 186 valence electrons. The highest BCUT2D eigenvalue weighted by molar-refractivity contribution is 5.86. The first-order chi connectivity index (χ1) is 16.9. The Morgan fingerprint density at radius 2 is 1.60 bits per heavy atom. The maximum Gasteiger partial charge on any atom is 0.319 e. The molecule has 35 heavy (non-hydrogen) atoms. The van der Waals surface area contributed by atoms with Crippen molar-refractivity contribution in [3.05, 3.63) is 89.4 Å². The van der Waals surface area contributed by atoms with Crippen LogP contribution in [0.25, 0.3) is 0 Å². The Bertz CT molecular complexity index is 960. The number of carbonyl (C=O) groups is 3. The van der Waals surface area contributed by atoms with Crippen molar-refractivity contribution < 1.29 is 14.4 Å². The predicted octanol–water partition coefficient (Wildman–Crippen LogP) is 3.47. The number of nitrogens with zero attached hydrogens (tertiary/aromatic N) is 2.